The van der Waals surface area contributed by atoms with Crippen molar-refractivity contribution in [2.24, 2.45) is 5.73 Å². The van der Waals surface area contributed by atoms with E-state index in [4.69, 9.17) is 5.73 Å². The van der Waals surface area contributed by atoms with Crippen LogP contribution in [0.1, 0.15) is 40.5 Å². The van der Waals surface area contributed by atoms with Gasteiger partial charge in [0, 0.05) is 5.54 Å². The SMILES string of the molecule is CCCC(C)(C)NC(C)N. The Morgan fingerprint density at radius 3 is 2.30 bits per heavy atom. The molecule has 0 radical (unpaired) electrons. The first-order valence-electron chi connectivity index (χ1n) is 4.01. The Kier molecular flexibility index (Phi) is 3.91. The molecule has 0 fully saturated rings. The highest BCUT2D eigenvalue weighted by atomic mass is 15.1. The van der Waals surface area contributed by atoms with Gasteiger partial charge in [-0.2, -0.15) is 0 Å². The fraction of sp³-hybridized carbons (Fsp3) is 1.00. The zero-order valence-corrected chi connectivity index (χ0v) is 7.57. The van der Waals surface area contributed by atoms with Crippen LogP contribution in [0, 0.1) is 0 Å². The minimum Gasteiger partial charge on any atom is -0.316 e. The summed E-state index contributed by atoms with van der Waals surface area (Å²) in [5, 5.41) is 3.30. The molecule has 0 spiro atoms. The quantitative estimate of drug-likeness (QED) is 0.586. The van der Waals surface area contributed by atoms with Gasteiger partial charge in [0.1, 0.15) is 0 Å². The van der Waals surface area contributed by atoms with E-state index >= 15 is 0 Å². The van der Waals surface area contributed by atoms with Gasteiger partial charge in [0.25, 0.3) is 0 Å². The summed E-state index contributed by atoms with van der Waals surface area (Å²) in [6.07, 6.45) is 2.47. The van der Waals surface area contributed by atoms with E-state index in [1.54, 1.807) is 0 Å². The van der Waals surface area contributed by atoms with E-state index in [9.17, 15) is 0 Å². The number of hydrogen-bond donors (Lipinski definition) is 2. The first kappa shape index (κ1) is 9.92. The second-order valence-electron chi connectivity index (χ2n) is 3.57. The fourth-order valence-corrected chi connectivity index (χ4v) is 1.31. The highest BCUT2D eigenvalue weighted by Gasteiger charge is 2.16. The third kappa shape index (κ3) is 4.77. The van der Waals surface area contributed by atoms with Gasteiger partial charge in [-0.25, -0.2) is 0 Å². The molecule has 62 valence electrons. The summed E-state index contributed by atoms with van der Waals surface area (Å²) in [6.45, 7) is 8.52. The van der Waals surface area contributed by atoms with E-state index in [0.29, 0.717) is 0 Å². The molecular formula is C8H20N2. The van der Waals surface area contributed by atoms with Crippen molar-refractivity contribution < 1.29 is 0 Å². The molecule has 10 heavy (non-hydrogen) atoms. The van der Waals surface area contributed by atoms with E-state index < -0.39 is 0 Å². The highest BCUT2D eigenvalue weighted by molar-refractivity contribution is 4.77. The lowest BCUT2D eigenvalue weighted by atomic mass is 9.99. The molecule has 0 bridgehead atoms. The van der Waals surface area contributed by atoms with Crippen LogP contribution < -0.4 is 11.1 Å². The van der Waals surface area contributed by atoms with E-state index in [2.05, 4.69) is 26.1 Å². The molecule has 1 atom stereocenters. The van der Waals surface area contributed by atoms with Gasteiger partial charge in [0.05, 0.1) is 6.17 Å². The molecule has 0 aliphatic heterocycles. The summed E-state index contributed by atoms with van der Waals surface area (Å²) in [7, 11) is 0. The highest BCUT2D eigenvalue weighted by Crippen LogP contribution is 2.10. The monoisotopic (exact) mass is 144 g/mol. The van der Waals surface area contributed by atoms with Crippen molar-refractivity contribution in [3.63, 3.8) is 0 Å². The second-order valence-corrected chi connectivity index (χ2v) is 3.57. The Bertz CT molecular complexity index is 87.3. The molecule has 0 rings (SSSR count). The fourth-order valence-electron chi connectivity index (χ4n) is 1.31. The van der Waals surface area contributed by atoms with Crippen LogP contribution in [-0.4, -0.2) is 11.7 Å². The molecule has 0 aromatic rings. The minimum absolute atomic E-state index is 0.0987. The van der Waals surface area contributed by atoms with Gasteiger partial charge < -0.3 is 5.73 Å². The zero-order chi connectivity index (χ0) is 8.20. The molecular weight excluding hydrogens is 124 g/mol. The first-order chi connectivity index (χ1) is 4.48. The first-order valence-corrected chi connectivity index (χ1v) is 4.01. The molecule has 0 heterocycles. The standard InChI is InChI=1S/C8H20N2/c1-5-6-8(3,4)10-7(2)9/h7,10H,5-6,9H2,1-4H3. The van der Waals surface area contributed by atoms with Crippen molar-refractivity contribution in [2.45, 2.75) is 52.2 Å². The van der Waals surface area contributed by atoms with Crippen molar-refractivity contribution in [3.8, 4) is 0 Å². The van der Waals surface area contributed by atoms with Crippen LogP contribution in [0.25, 0.3) is 0 Å². The van der Waals surface area contributed by atoms with Crippen LogP contribution in [0.3, 0.4) is 0 Å². The topological polar surface area (TPSA) is 38.0 Å². The molecule has 0 aliphatic carbocycles. The molecule has 2 nitrogen and oxygen atoms in total. The molecule has 0 aromatic carbocycles. The predicted molar refractivity (Wildman–Crippen MR) is 45.8 cm³/mol. The van der Waals surface area contributed by atoms with Crippen LogP contribution in [0.5, 0.6) is 0 Å². The average molecular weight is 144 g/mol. The molecule has 3 N–H and O–H groups in total. The number of nitrogens with one attached hydrogen (secondary N) is 1. The lowest BCUT2D eigenvalue weighted by Crippen LogP contribution is -2.48. The third-order valence-electron chi connectivity index (χ3n) is 1.49. The van der Waals surface area contributed by atoms with E-state index in [0.717, 1.165) is 0 Å². The summed E-state index contributed by atoms with van der Waals surface area (Å²) in [5.74, 6) is 0. The van der Waals surface area contributed by atoms with Gasteiger partial charge in [-0.1, -0.05) is 13.3 Å². The Morgan fingerprint density at radius 2 is 2.00 bits per heavy atom. The second kappa shape index (κ2) is 3.94. The molecule has 0 saturated heterocycles. The van der Waals surface area contributed by atoms with Crippen LogP contribution in [0.15, 0.2) is 0 Å². The van der Waals surface area contributed by atoms with Gasteiger partial charge in [-0.05, 0) is 27.2 Å². The smallest absolute Gasteiger partial charge is 0.0521 e. The third-order valence-corrected chi connectivity index (χ3v) is 1.49. The van der Waals surface area contributed by atoms with Gasteiger partial charge >= 0.3 is 0 Å². The van der Waals surface area contributed by atoms with E-state index in [1.165, 1.54) is 12.8 Å². The maximum absolute atomic E-state index is 5.60. The number of nitrogens with two attached hydrogens (primary N) is 1. The molecule has 0 aromatic heterocycles. The lowest BCUT2D eigenvalue weighted by molar-refractivity contribution is 0.324. The summed E-state index contributed by atoms with van der Waals surface area (Å²) in [4.78, 5) is 0. The van der Waals surface area contributed by atoms with Gasteiger partial charge in [-0.3, -0.25) is 5.32 Å². The number of rotatable bonds is 4. The average Bonchev–Trinajstić information content (AvgIpc) is 1.59. The lowest BCUT2D eigenvalue weighted by Gasteiger charge is -2.28. The van der Waals surface area contributed by atoms with Crippen molar-refractivity contribution in [2.75, 3.05) is 0 Å². The Balaban J connectivity index is 3.63. The maximum atomic E-state index is 5.60. The van der Waals surface area contributed by atoms with Crippen molar-refractivity contribution in [1.29, 1.82) is 0 Å². The zero-order valence-electron chi connectivity index (χ0n) is 7.57. The summed E-state index contributed by atoms with van der Waals surface area (Å²) >= 11 is 0. The van der Waals surface area contributed by atoms with Crippen LogP contribution in [0.2, 0.25) is 0 Å². The maximum Gasteiger partial charge on any atom is 0.0521 e. The van der Waals surface area contributed by atoms with Crippen LogP contribution in [0.4, 0.5) is 0 Å². The predicted octanol–water partition coefficient (Wildman–Crippen LogP) is 1.46. The summed E-state index contributed by atoms with van der Waals surface area (Å²) in [6, 6.07) is 0. The van der Waals surface area contributed by atoms with Gasteiger partial charge in [0.2, 0.25) is 0 Å². The van der Waals surface area contributed by atoms with Crippen molar-refractivity contribution in [1.82, 2.24) is 5.32 Å². The Labute approximate surface area is 64.2 Å². The normalized spacial score (nSPS) is 15.3. The minimum atomic E-state index is 0.0987. The van der Waals surface area contributed by atoms with Crippen molar-refractivity contribution in [3.05, 3.63) is 0 Å². The molecule has 0 amide bonds. The number of hydrogen-bond acceptors (Lipinski definition) is 2. The van der Waals surface area contributed by atoms with Crippen molar-refractivity contribution >= 4 is 0 Å². The molecule has 0 saturated carbocycles. The van der Waals surface area contributed by atoms with E-state index in [1.807, 2.05) is 6.92 Å². The van der Waals surface area contributed by atoms with Crippen LogP contribution in [-0.2, 0) is 0 Å². The molecule has 1 unspecified atom stereocenters. The summed E-state index contributed by atoms with van der Waals surface area (Å²) < 4.78 is 0. The molecule has 0 aliphatic rings. The van der Waals surface area contributed by atoms with Gasteiger partial charge in [-0.15, -0.1) is 0 Å². The van der Waals surface area contributed by atoms with Crippen LogP contribution >= 0.6 is 0 Å². The summed E-state index contributed by atoms with van der Waals surface area (Å²) in [5.41, 5.74) is 5.80. The van der Waals surface area contributed by atoms with E-state index in [-0.39, 0.29) is 11.7 Å². The Morgan fingerprint density at radius 1 is 1.50 bits per heavy atom. The Hall–Kier alpha value is -0.0800. The van der Waals surface area contributed by atoms with Gasteiger partial charge in [0.15, 0.2) is 0 Å². The largest absolute Gasteiger partial charge is 0.316 e. The molecule has 2 heteroatoms.